The van der Waals surface area contributed by atoms with Gasteiger partial charge in [-0.25, -0.2) is 0 Å². The number of rotatable bonds is 6. The smallest absolute Gasteiger partial charge is 0.317 e. The van der Waals surface area contributed by atoms with E-state index >= 15 is 0 Å². The van der Waals surface area contributed by atoms with Crippen LogP contribution in [0.5, 0.6) is 0 Å². The van der Waals surface area contributed by atoms with Crippen LogP contribution in [0.3, 0.4) is 0 Å². The molecular weight excluding hydrogens is 328 g/mol. The Morgan fingerprint density at radius 2 is 1.04 bits per heavy atom. The molecule has 1 rings (SSSR count). The molecule has 0 spiro atoms. The van der Waals surface area contributed by atoms with Crippen LogP contribution in [0.2, 0.25) is 0 Å². The van der Waals surface area contributed by atoms with E-state index in [0.29, 0.717) is 39.3 Å². The van der Waals surface area contributed by atoms with Gasteiger partial charge in [0.15, 0.2) is 0 Å². The van der Waals surface area contributed by atoms with Crippen LogP contribution in [0.15, 0.2) is 12.3 Å². The number of carbonyl (C=O) groups is 2. The van der Waals surface area contributed by atoms with Gasteiger partial charge in [0.1, 0.15) is 0 Å². The summed E-state index contributed by atoms with van der Waals surface area (Å²) < 4.78 is 0. The molecule has 25 heavy (non-hydrogen) atoms. The summed E-state index contributed by atoms with van der Waals surface area (Å²) in [7, 11) is 1.98. The third kappa shape index (κ3) is 10.0. The number of aliphatic hydroxyl groups is 1. The van der Waals surface area contributed by atoms with Crippen LogP contribution in [0.1, 0.15) is 0 Å². The van der Waals surface area contributed by atoms with Gasteiger partial charge in [0.05, 0.1) is 25.4 Å². The Balaban J connectivity index is 2.76. The third-order valence-corrected chi connectivity index (χ3v) is 4.18. The average Bonchev–Trinajstić information content (AvgIpc) is 2.49. The predicted octanol–water partition coefficient (Wildman–Crippen LogP) is -0.921. The van der Waals surface area contributed by atoms with Crippen molar-refractivity contribution in [2.24, 2.45) is 0 Å². The Hall–Kier alpha value is -1.68. The summed E-state index contributed by atoms with van der Waals surface area (Å²) >= 11 is 0. The van der Waals surface area contributed by atoms with Crippen molar-refractivity contribution in [1.29, 1.82) is 0 Å². The maximum absolute atomic E-state index is 11.1. The number of nitrogens with zero attached hydrogens (tertiary/aromatic N) is 4. The molecule has 0 atom stereocenters. The SMILES string of the molecule is C=C(O)CN1CCN(C)CCN(CC(=O)O)CCN(CC(=O)O)CC1. The lowest BCUT2D eigenvalue weighted by molar-refractivity contribution is -0.140. The highest BCUT2D eigenvalue weighted by Gasteiger charge is 2.18. The van der Waals surface area contributed by atoms with Crippen molar-refractivity contribution in [3.63, 3.8) is 0 Å². The van der Waals surface area contributed by atoms with Crippen LogP contribution in [-0.4, -0.2) is 126 Å². The molecule has 0 aromatic heterocycles. The minimum absolute atomic E-state index is 0.0504. The van der Waals surface area contributed by atoms with Crippen molar-refractivity contribution in [3.05, 3.63) is 12.3 Å². The van der Waals surface area contributed by atoms with Gasteiger partial charge in [-0.05, 0) is 7.05 Å². The zero-order chi connectivity index (χ0) is 18.8. The Labute approximate surface area is 148 Å². The fraction of sp³-hybridized carbons (Fsp3) is 0.750. The highest BCUT2D eigenvalue weighted by molar-refractivity contribution is 5.69. The lowest BCUT2D eigenvalue weighted by Crippen LogP contribution is -2.47. The minimum Gasteiger partial charge on any atom is -0.512 e. The normalized spacial score (nSPS) is 20.5. The second-order valence-electron chi connectivity index (χ2n) is 6.49. The Morgan fingerprint density at radius 3 is 1.36 bits per heavy atom. The zero-order valence-corrected chi connectivity index (χ0v) is 14.9. The molecule has 9 nitrogen and oxygen atoms in total. The molecule has 0 unspecified atom stereocenters. The van der Waals surface area contributed by atoms with Crippen LogP contribution in [0.25, 0.3) is 0 Å². The molecule has 0 aliphatic carbocycles. The summed E-state index contributed by atoms with van der Waals surface area (Å²) in [6.45, 7) is 8.70. The van der Waals surface area contributed by atoms with Crippen molar-refractivity contribution in [1.82, 2.24) is 19.6 Å². The fourth-order valence-electron chi connectivity index (χ4n) is 2.75. The largest absolute Gasteiger partial charge is 0.512 e. The van der Waals surface area contributed by atoms with Crippen LogP contribution in [-0.2, 0) is 9.59 Å². The average molecular weight is 358 g/mol. The number of aliphatic carboxylic acids is 2. The van der Waals surface area contributed by atoms with Gasteiger partial charge in [0.2, 0.25) is 0 Å². The molecule has 1 fully saturated rings. The molecule has 1 saturated heterocycles. The van der Waals surface area contributed by atoms with Gasteiger partial charge >= 0.3 is 11.9 Å². The Morgan fingerprint density at radius 1 is 0.720 bits per heavy atom. The first-order chi connectivity index (χ1) is 11.8. The topological polar surface area (TPSA) is 108 Å². The number of carboxylic acid groups (broad SMARTS) is 2. The van der Waals surface area contributed by atoms with E-state index in [9.17, 15) is 14.7 Å². The lowest BCUT2D eigenvalue weighted by atomic mass is 10.3. The van der Waals surface area contributed by atoms with E-state index in [0.717, 1.165) is 19.6 Å². The molecule has 1 aliphatic heterocycles. The van der Waals surface area contributed by atoms with E-state index in [1.807, 2.05) is 16.8 Å². The van der Waals surface area contributed by atoms with Crippen molar-refractivity contribution in [2.45, 2.75) is 0 Å². The zero-order valence-electron chi connectivity index (χ0n) is 14.9. The first kappa shape index (κ1) is 21.4. The summed E-state index contributed by atoms with van der Waals surface area (Å²) in [5, 5.41) is 27.6. The highest BCUT2D eigenvalue weighted by Crippen LogP contribution is 2.01. The van der Waals surface area contributed by atoms with Crippen molar-refractivity contribution < 1.29 is 24.9 Å². The summed E-state index contributed by atoms with van der Waals surface area (Å²) in [5.41, 5.74) is 0. The number of aliphatic hydroxyl groups excluding tert-OH is 1. The maximum Gasteiger partial charge on any atom is 0.317 e. The first-order valence-electron chi connectivity index (χ1n) is 8.42. The minimum atomic E-state index is -0.908. The van der Waals surface area contributed by atoms with E-state index in [2.05, 4.69) is 11.5 Å². The quantitative estimate of drug-likeness (QED) is 0.519. The Kier molecular flexibility index (Phi) is 9.43. The van der Waals surface area contributed by atoms with E-state index < -0.39 is 11.9 Å². The lowest BCUT2D eigenvalue weighted by Gasteiger charge is -2.32. The molecule has 9 heteroatoms. The van der Waals surface area contributed by atoms with Crippen molar-refractivity contribution in [3.8, 4) is 0 Å². The number of carboxylic acids is 2. The van der Waals surface area contributed by atoms with Crippen LogP contribution >= 0.6 is 0 Å². The molecule has 144 valence electrons. The van der Waals surface area contributed by atoms with Gasteiger partial charge in [-0.1, -0.05) is 6.58 Å². The van der Waals surface area contributed by atoms with Gasteiger partial charge in [-0.2, -0.15) is 0 Å². The van der Waals surface area contributed by atoms with Gasteiger partial charge in [-0.15, -0.1) is 0 Å². The molecule has 0 amide bonds. The fourth-order valence-corrected chi connectivity index (χ4v) is 2.75. The molecule has 0 saturated carbocycles. The molecule has 0 bridgehead atoms. The standard InChI is InChI=1S/C16H30N4O5/c1-14(21)11-18-5-3-17(2)4-6-19(12-15(22)23)9-10-20(8-7-18)13-16(24)25/h21H,1,3-13H2,2H3,(H,22,23)(H,24,25). The van der Waals surface area contributed by atoms with Gasteiger partial charge in [-0.3, -0.25) is 24.3 Å². The van der Waals surface area contributed by atoms with Gasteiger partial charge in [0, 0.05) is 52.4 Å². The molecule has 1 heterocycles. The van der Waals surface area contributed by atoms with Gasteiger partial charge in [0.25, 0.3) is 0 Å². The van der Waals surface area contributed by atoms with E-state index in [1.54, 1.807) is 4.90 Å². The van der Waals surface area contributed by atoms with Gasteiger partial charge < -0.3 is 20.2 Å². The number of hydrogen-bond donors (Lipinski definition) is 3. The maximum atomic E-state index is 11.1. The van der Waals surface area contributed by atoms with Crippen LogP contribution in [0, 0.1) is 0 Å². The molecule has 0 aromatic carbocycles. The summed E-state index contributed by atoms with van der Waals surface area (Å²) in [6.07, 6.45) is 0. The monoisotopic (exact) mass is 358 g/mol. The predicted molar refractivity (Wildman–Crippen MR) is 93.9 cm³/mol. The van der Waals surface area contributed by atoms with E-state index in [4.69, 9.17) is 10.2 Å². The van der Waals surface area contributed by atoms with Crippen LogP contribution in [0.4, 0.5) is 0 Å². The summed E-state index contributed by atoms with van der Waals surface area (Å²) in [4.78, 5) is 29.9. The molecule has 0 aromatic rings. The molecule has 1 aliphatic rings. The van der Waals surface area contributed by atoms with Crippen molar-refractivity contribution in [2.75, 3.05) is 79.0 Å². The first-order valence-corrected chi connectivity index (χ1v) is 8.42. The summed E-state index contributed by atoms with van der Waals surface area (Å²) in [6, 6.07) is 0. The number of hydrogen-bond acceptors (Lipinski definition) is 7. The second-order valence-corrected chi connectivity index (χ2v) is 6.49. The Bertz CT molecular complexity index is 428. The van der Waals surface area contributed by atoms with E-state index in [1.165, 1.54) is 0 Å². The highest BCUT2D eigenvalue weighted by atomic mass is 16.4. The van der Waals surface area contributed by atoms with Crippen LogP contribution < -0.4 is 0 Å². The second kappa shape index (κ2) is 11.0. The molecule has 0 radical (unpaired) electrons. The molecular formula is C16H30N4O5. The summed E-state index contributed by atoms with van der Waals surface area (Å²) in [5.74, 6) is -1.70. The molecule has 3 N–H and O–H groups in total. The third-order valence-electron chi connectivity index (χ3n) is 4.18. The van der Waals surface area contributed by atoms with Crippen molar-refractivity contribution >= 4 is 11.9 Å². The van der Waals surface area contributed by atoms with E-state index in [-0.39, 0.29) is 18.8 Å². The number of likely N-dealkylation sites (N-methyl/N-ethyl adjacent to an activating group) is 1.